The fourth-order valence-corrected chi connectivity index (χ4v) is 3.39. The van der Waals surface area contributed by atoms with Crippen molar-refractivity contribution in [3.8, 4) is 0 Å². The Morgan fingerprint density at radius 1 is 1.22 bits per heavy atom. The van der Waals surface area contributed by atoms with Crippen LogP contribution in [0, 0.1) is 0 Å². The first-order valence-electron chi connectivity index (χ1n) is 6.42. The van der Waals surface area contributed by atoms with Crippen LogP contribution in [0.5, 0.6) is 0 Å². The first-order chi connectivity index (χ1) is 8.65. The van der Waals surface area contributed by atoms with Crippen LogP contribution in [0.4, 0.5) is 0 Å². The number of hydrogen-bond acceptors (Lipinski definition) is 2. The zero-order chi connectivity index (χ0) is 12.7. The van der Waals surface area contributed by atoms with E-state index in [1.807, 2.05) is 23.1 Å². The van der Waals surface area contributed by atoms with E-state index in [0.717, 1.165) is 41.3 Å². The smallest absolute Gasteiger partial charge is 0.254 e. The van der Waals surface area contributed by atoms with Crippen LogP contribution < -0.4 is 0 Å². The Hall–Kier alpha value is -0.870. The Kier molecular flexibility index (Phi) is 3.16. The highest BCUT2D eigenvalue weighted by molar-refractivity contribution is 9.10. The van der Waals surface area contributed by atoms with Gasteiger partial charge in [-0.2, -0.15) is 0 Å². The number of benzene rings is 1. The number of aliphatic hydroxyl groups is 1. The lowest BCUT2D eigenvalue weighted by molar-refractivity contribution is 0.0519. The number of hydrogen-bond donors (Lipinski definition) is 1. The SMILES string of the molecule is O=C1c2ccc(Br)cc2CN1C1CCC(O)CC1. The minimum atomic E-state index is -0.171. The van der Waals surface area contributed by atoms with Gasteiger partial charge in [-0.3, -0.25) is 4.79 Å². The second kappa shape index (κ2) is 4.67. The van der Waals surface area contributed by atoms with Crippen molar-refractivity contribution >= 4 is 21.8 Å². The molecule has 1 amide bonds. The Morgan fingerprint density at radius 3 is 2.67 bits per heavy atom. The highest BCUT2D eigenvalue weighted by Crippen LogP contribution is 2.32. The molecule has 0 unspecified atom stereocenters. The average molecular weight is 310 g/mol. The predicted octanol–water partition coefficient (Wildman–Crippen LogP) is 2.71. The highest BCUT2D eigenvalue weighted by atomic mass is 79.9. The molecule has 1 aromatic carbocycles. The number of fused-ring (bicyclic) bond motifs is 1. The lowest BCUT2D eigenvalue weighted by atomic mass is 9.92. The topological polar surface area (TPSA) is 40.5 Å². The quantitative estimate of drug-likeness (QED) is 0.866. The maximum Gasteiger partial charge on any atom is 0.254 e. The summed E-state index contributed by atoms with van der Waals surface area (Å²) in [6.45, 7) is 0.717. The molecule has 1 heterocycles. The van der Waals surface area contributed by atoms with Gasteiger partial charge in [0.25, 0.3) is 5.91 Å². The Morgan fingerprint density at radius 2 is 1.94 bits per heavy atom. The molecule has 1 fully saturated rings. The van der Waals surface area contributed by atoms with Crippen LogP contribution in [0.3, 0.4) is 0 Å². The fourth-order valence-electron chi connectivity index (χ4n) is 2.98. The summed E-state index contributed by atoms with van der Waals surface area (Å²) in [7, 11) is 0. The molecule has 0 bridgehead atoms. The van der Waals surface area contributed by atoms with Crippen molar-refractivity contribution in [3.63, 3.8) is 0 Å². The normalized spacial score (nSPS) is 27.4. The number of carbonyl (C=O) groups excluding carboxylic acids is 1. The zero-order valence-electron chi connectivity index (χ0n) is 10.1. The van der Waals surface area contributed by atoms with Gasteiger partial charge in [-0.25, -0.2) is 0 Å². The molecule has 0 radical (unpaired) electrons. The summed E-state index contributed by atoms with van der Waals surface area (Å²) >= 11 is 3.45. The average Bonchev–Trinajstić information content (AvgIpc) is 2.67. The lowest BCUT2D eigenvalue weighted by Crippen LogP contribution is -2.39. The van der Waals surface area contributed by atoms with Crippen molar-refractivity contribution in [2.24, 2.45) is 0 Å². The summed E-state index contributed by atoms with van der Waals surface area (Å²) in [5, 5.41) is 9.54. The summed E-state index contributed by atoms with van der Waals surface area (Å²) in [6, 6.07) is 6.15. The van der Waals surface area contributed by atoms with Crippen molar-refractivity contribution in [3.05, 3.63) is 33.8 Å². The van der Waals surface area contributed by atoms with E-state index in [1.165, 1.54) is 0 Å². The van der Waals surface area contributed by atoms with E-state index in [-0.39, 0.29) is 12.0 Å². The standard InChI is InChI=1S/C14H16BrNO2/c15-10-1-6-13-9(7-10)8-16(14(13)18)11-2-4-12(17)5-3-11/h1,6-7,11-12,17H,2-5,8H2. The second-order valence-electron chi connectivity index (χ2n) is 5.20. The van der Waals surface area contributed by atoms with E-state index >= 15 is 0 Å². The summed E-state index contributed by atoms with van der Waals surface area (Å²) < 4.78 is 1.02. The van der Waals surface area contributed by atoms with Crippen LogP contribution in [-0.2, 0) is 6.54 Å². The molecule has 1 aromatic rings. The van der Waals surface area contributed by atoms with Gasteiger partial charge >= 0.3 is 0 Å². The number of aliphatic hydroxyl groups excluding tert-OH is 1. The molecule has 1 N–H and O–H groups in total. The summed E-state index contributed by atoms with van der Waals surface area (Å²) in [5.74, 6) is 0.152. The first kappa shape index (κ1) is 12.2. The molecule has 0 saturated heterocycles. The molecule has 0 aromatic heterocycles. The van der Waals surface area contributed by atoms with Gasteiger partial charge in [0.1, 0.15) is 0 Å². The third kappa shape index (κ3) is 2.08. The van der Waals surface area contributed by atoms with Crippen LogP contribution in [0.1, 0.15) is 41.6 Å². The van der Waals surface area contributed by atoms with Gasteiger partial charge in [0.05, 0.1) is 6.10 Å². The maximum atomic E-state index is 12.3. The molecule has 96 valence electrons. The Labute approximate surface area is 115 Å². The number of rotatable bonds is 1. The largest absolute Gasteiger partial charge is 0.393 e. The molecule has 0 atom stereocenters. The van der Waals surface area contributed by atoms with Crippen molar-refractivity contribution in [1.29, 1.82) is 0 Å². The molecule has 1 aliphatic carbocycles. The third-order valence-electron chi connectivity index (χ3n) is 4.01. The highest BCUT2D eigenvalue weighted by Gasteiger charge is 2.34. The Bertz CT molecular complexity index is 481. The van der Waals surface area contributed by atoms with Crippen LogP contribution in [-0.4, -0.2) is 28.1 Å². The number of halogens is 1. The van der Waals surface area contributed by atoms with Gasteiger partial charge in [0.15, 0.2) is 0 Å². The number of carbonyl (C=O) groups is 1. The molecule has 1 saturated carbocycles. The minimum Gasteiger partial charge on any atom is -0.393 e. The number of nitrogens with zero attached hydrogens (tertiary/aromatic N) is 1. The molecule has 4 heteroatoms. The van der Waals surface area contributed by atoms with E-state index in [9.17, 15) is 9.90 Å². The third-order valence-corrected chi connectivity index (χ3v) is 4.50. The molecule has 0 spiro atoms. The monoisotopic (exact) mass is 309 g/mol. The summed E-state index contributed by atoms with van der Waals surface area (Å²) in [5.41, 5.74) is 1.95. The molecule has 18 heavy (non-hydrogen) atoms. The van der Waals surface area contributed by atoms with Gasteiger partial charge in [0, 0.05) is 22.6 Å². The molecule has 3 rings (SSSR count). The predicted molar refractivity (Wildman–Crippen MR) is 72.3 cm³/mol. The second-order valence-corrected chi connectivity index (χ2v) is 6.11. The molecule has 2 aliphatic rings. The van der Waals surface area contributed by atoms with Gasteiger partial charge in [-0.05, 0) is 49.4 Å². The molecular formula is C14H16BrNO2. The molecule has 1 aliphatic heterocycles. The van der Waals surface area contributed by atoms with Crippen molar-refractivity contribution < 1.29 is 9.90 Å². The van der Waals surface area contributed by atoms with E-state index in [4.69, 9.17) is 0 Å². The molecule has 3 nitrogen and oxygen atoms in total. The van der Waals surface area contributed by atoms with Crippen LogP contribution in [0.2, 0.25) is 0 Å². The van der Waals surface area contributed by atoms with E-state index in [1.54, 1.807) is 0 Å². The van der Waals surface area contributed by atoms with Crippen molar-refractivity contribution in [2.45, 2.75) is 44.4 Å². The van der Waals surface area contributed by atoms with E-state index in [0.29, 0.717) is 12.6 Å². The summed E-state index contributed by atoms with van der Waals surface area (Å²) in [6.07, 6.45) is 3.29. The van der Waals surface area contributed by atoms with Crippen LogP contribution in [0.15, 0.2) is 22.7 Å². The summed E-state index contributed by atoms with van der Waals surface area (Å²) in [4.78, 5) is 14.3. The van der Waals surface area contributed by atoms with Gasteiger partial charge in [-0.1, -0.05) is 15.9 Å². The van der Waals surface area contributed by atoms with Gasteiger partial charge in [0.2, 0.25) is 0 Å². The van der Waals surface area contributed by atoms with Crippen LogP contribution in [0.25, 0.3) is 0 Å². The van der Waals surface area contributed by atoms with Crippen molar-refractivity contribution in [2.75, 3.05) is 0 Å². The van der Waals surface area contributed by atoms with Gasteiger partial charge < -0.3 is 10.0 Å². The fraction of sp³-hybridized carbons (Fsp3) is 0.500. The van der Waals surface area contributed by atoms with Gasteiger partial charge in [-0.15, -0.1) is 0 Å². The van der Waals surface area contributed by atoms with Crippen molar-refractivity contribution in [1.82, 2.24) is 4.90 Å². The maximum absolute atomic E-state index is 12.3. The minimum absolute atomic E-state index is 0.152. The molecular weight excluding hydrogens is 294 g/mol. The lowest BCUT2D eigenvalue weighted by Gasteiger charge is -2.32. The number of amides is 1. The van der Waals surface area contributed by atoms with E-state index < -0.39 is 0 Å². The zero-order valence-corrected chi connectivity index (χ0v) is 11.7. The Balaban J connectivity index is 1.80. The van der Waals surface area contributed by atoms with E-state index in [2.05, 4.69) is 15.9 Å². The first-order valence-corrected chi connectivity index (χ1v) is 7.22. The van der Waals surface area contributed by atoms with Crippen LogP contribution >= 0.6 is 15.9 Å².